The summed E-state index contributed by atoms with van der Waals surface area (Å²) >= 11 is 0. The van der Waals surface area contributed by atoms with E-state index in [0.29, 0.717) is 0 Å². The van der Waals surface area contributed by atoms with Crippen molar-refractivity contribution >= 4 is 23.6 Å². The summed E-state index contributed by atoms with van der Waals surface area (Å²) in [5, 5.41) is 22.2. The number of aliphatic carboxylic acids is 2. The van der Waals surface area contributed by atoms with E-state index < -0.39 is 54.5 Å². The van der Waals surface area contributed by atoms with E-state index in [1.54, 1.807) is 13.8 Å². The van der Waals surface area contributed by atoms with Crippen LogP contribution in [0.2, 0.25) is 0 Å². The molecule has 0 aromatic carbocycles. The number of Topliss-reactive ketones (excluding diaryl/α,β-unsaturated/α-hetero) is 1. The lowest BCUT2D eigenvalue weighted by molar-refractivity contribution is -0.142. The van der Waals surface area contributed by atoms with Crippen LogP contribution >= 0.6 is 0 Å². The number of ketones is 1. The van der Waals surface area contributed by atoms with Crippen molar-refractivity contribution in [1.82, 2.24) is 10.6 Å². The normalized spacial score (nSPS) is 13.6. The van der Waals surface area contributed by atoms with Gasteiger partial charge in [0.2, 0.25) is 5.91 Å². The molecule has 20 heavy (non-hydrogen) atoms. The minimum Gasteiger partial charge on any atom is -0.481 e. The number of carboxylic acids is 2. The van der Waals surface area contributed by atoms with Crippen LogP contribution in [0.15, 0.2) is 0 Å². The Morgan fingerprint density at radius 3 is 1.75 bits per heavy atom. The third-order valence-electron chi connectivity index (χ3n) is 2.65. The van der Waals surface area contributed by atoms with Gasteiger partial charge in [0.25, 0.3) is 0 Å². The molecule has 114 valence electrons. The van der Waals surface area contributed by atoms with E-state index in [-0.39, 0.29) is 0 Å². The molecule has 0 fully saturated rings. The molecular weight excluding hydrogens is 268 g/mol. The van der Waals surface area contributed by atoms with E-state index in [4.69, 9.17) is 10.2 Å². The Morgan fingerprint density at radius 1 is 0.950 bits per heavy atom. The number of likely N-dealkylation sites (N-methyl/N-ethyl adjacent to an activating group) is 1. The largest absolute Gasteiger partial charge is 0.481 e. The fraction of sp³-hybridized carbons (Fsp3) is 0.667. The first-order chi connectivity index (χ1) is 9.18. The fourth-order valence-electron chi connectivity index (χ4n) is 1.57. The molecule has 2 atom stereocenters. The molecule has 0 aromatic rings. The monoisotopic (exact) mass is 288 g/mol. The molecule has 0 spiro atoms. The zero-order valence-corrected chi connectivity index (χ0v) is 11.7. The summed E-state index contributed by atoms with van der Waals surface area (Å²) in [6, 6.07) is -2.19. The van der Waals surface area contributed by atoms with Crippen LogP contribution in [0.25, 0.3) is 0 Å². The van der Waals surface area contributed by atoms with Crippen molar-refractivity contribution in [3.63, 3.8) is 0 Å². The molecule has 2 unspecified atom stereocenters. The first-order valence-electron chi connectivity index (χ1n) is 6.14. The predicted octanol–water partition coefficient (Wildman–Crippen LogP) is -0.766. The number of carbonyl (C=O) groups is 4. The summed E-state index contributed by atoms with van der Waals surface area (Å²) in [6.07, 6.45) is -0.996. The number of carboxylic acid groups (broad SMARTS) is 2. The first kappa shape index (κ1) is 18.0. The lowest BCUT2D eigenvalue weighted by Crippen LogP contribution is -2.51. The number of hydrogen-bond acceptors (Lipinski definition) is 5. The van der Waals surface area contributed by atoms with Gasteiger partial charge < -0.3 is 20.8 Å². The van der Waals surface area contributed by atoms with E-state index in [1.165, 1.54) is 7.05 Å². The van der Waals surface area contributed by atoms with Crippen LogP contribution in [0.1, 0.15) is 26.7 Å². The number of amides is 1. The van der Waals surface area contributed by atoms with Crippen molar-refractivity contribution in [2.45, 2.75) is 38.8 Å². The van der Waals surface area contributed by atoms with Gasteiger partial charge in [-0.15, -0.1) is 0 Å². The van der Waals surface area contributed by atoms with E-state index in [0.717, 1.165) is 0 Å². The molecule has 4 N–H and O–H groups in total. The van der Waals surface area contributed by atoms with Crippen LogP contribution in [0.5, 0.6) is 0 Å². The lowest BCUT2D eigenvalue weighted by Gasteiger charge is -2.21. The Labute approximate surface area is 116 Å². The zero-order valence-electron chi connectivity index (χ0n) is 11.7. The maximum Gasteiger partial charge on any atom is 0.305 e. The lowest BCUT2D eigenvalue weighted by atomic mass is 9.98. The Hall–Kier alpha value is -1.96. The van der Waals surface area contributed by atoms with Gasteiger partial charge in [-0.1, -0.05) is 13.8 Å². The Balaban J connectivity index is 4.86. The van der Waals surface area contributed by atoms with E-state index in [9.17, 15) is 19.2 Å². The second-order valence-electron chi connectivity index (χ2n) is 4.66. The molecule has 8 nitrogen and oxygen atoms in total. The second-order valence-corrected chi connectivity index (χ2v) is 4.66. The summed E-state index contributed by atoms with van der Waals surface area (Å²) in [5.74, 6) is -3.96. The van der Waals surface area contributed by atoms with Crippen molar-refractivity contribution in [2.24, 2.45) is 5.92 Å². The molecule has 0 radical (unpaired) electrons. The Bertz CT molecular complexity index is 393. The van der Waals surface area contributed by atoms with Gasteiger partial charge in [0.15, 0.2) is 5.78 Å². The average Bonchev–Trinajstić information content (AvgIpc) is 2.32. The summed E-state index contributed by atoms with van der Waals surface area (Å²) in [4.78, 5) is 45.0. The SMILES string of the molecule is CNC(CC(=O)O)C(=O)NC(CC(=O)O)C(=O)C(C)C. The minimum absolute atomic E-state index is 0.411. The maximum atomic E-state index is 11.8. The highest BCUT2D eigenvalue weighted by molar-refractivity contribution is 5.95. The number of carbonyl (C=O) groups excluding carboxylic acids is 2. The van der Waals surface area contributed by atoms with Gasteiger partial charge in [-0.05, 0) is 7.05 Å². The van der Waals surface area contributed by atoms with Gasteiger partial charge in [-0.2, -0.15) is 0 Å². The van der Waals surface area contributed by atoms with Crippen LogP contribution in [-0.2, 0) is 19.2 Å². The summed E-state index contributed by atoms with van der Waals surface area (Å²) in [5.41, 5.74) is 0. The van der Waals surface area contributed by atoms with Gasteiger partial charge >= 0.3 is 11.9 Å². The maximum absolute atomic E-state index is 11.8. The zero-order chi connectivity index (χ0) is 15.9. The highest BCUT2D eigenvalue weighted by Crippen LogP contribution is 2.05. The molecule has 0 bridgehead atoms. The van der Waals surface area contributed by atoms with Crippen LogP contribution in [-0.4, -0.2) is 53.0 Å². The third-order valence-corrected chi connectivity index (χ3v) is 2.65. The van der Waals surface area contributed by atoms with Crippen molar-refractivity contribution < 1.29 is 29.4 Å². The molecule has 0 heterocycles. The van der Waals surface area contributed by atoms with Crippen molar-refractivity contribution in [1.29, 1.82) is 0 Å². The summed E-state index contributed by atoms with van der Waals surface area (Å²) in [7, 11) is 1.41. The quantitative estimate of drug-likeness (QED) is 0.438. The van der Waals surface area contributed by atoms with E-state index >= 15 is 0 Å². The standard InChI is InChI=1S/C12H20N2O6/c1-6(2)11(19)7(4-9(15)16)14-12(20)8(13-3)5-10(17)18/h6-8,13H,4-5H2,1-3H3,(H,14,20)(H,15,16)(H,17,18). The molecule has 0 rings (SSSR count). The van der Waals surface area contributed by atoms with Crippen LogP contribution in [0, 0.1) is 5.92 Å². The summed E-state index contributed by atoms with van der Waals surface area (Å²) < 4.78 is 0. The summed E-state index contributed by atoms with van der Waals surface area (Å²) in [6.45, 7) is 3.19. The Morgan fingerprint density at radius 2 is 1.40 bits per heavy atom. The Kier molecular flexibility index (Phi) is 7.45. The van der Waals surface area contributed by atoms with Crippen molar-refractivity contribution in [3.05, 3.63) is 0 Å². The van der Waals surface area contributed by atoms with Crippen molar-refractivity contribution in [3.8, 4) is 0 Å². The van der Waals surface area contributed by atoms with Gasteiger partial charge in [0.05, 0.1) is 24.9 Å². The van der Waals surface area contributed by atoms with Crippen LogP contribution < -0.4 is 10.6 Å². The molecule has 0 aliphatic rings. The van der Waals surface area contributed by atoms with Gasteiger partial charge in [0.1, 0.15) is 0 Å². The highest BCUT2D eigenvalue weighted by Gasteiger charge is 2.28. The average molecular weight is 288 g/mol. The predicted molar refractivity (Wildman–Crippen MR) is 69.1 cm³/mol. The molecule has 8 heteroatoms. The number of rotatable bonds is 9. The fourth-order valence-corrected chi connectivity index (χ4v) is 1.57. The topological polar surface area (TPSA) is 133 Å². The molecule has 0 saturated heterocycles. The third kappa shape index (κ3) is 6.28. The number of nitrogens with one attached hydrogen (secondary N) is 2. The van der Waals surface area contributed by atoms with Crippen LogP contribution in [0.3, 0.4) is 0 Å². The molecule has 0 saturated carbocycles. The van der Waals surface area contributed by atoms with E-state index in [1.807, 2.05) is 0 Å². The molecule has 0 aliphatic heterocycles. The molecule has 1 amide bonds. The highest BCUT2D eigenvalue weighted by atomic mass is 16.4. The second kappa shape index (κ2) is 8.26. The van der Waals surface area contributed by atoms with Crippen molar-refractivity contribution in [2.75, 3.05) is 7.05 Å². The van der Waals surface area contributed by atoms with Crippen LogP contribution in [0.4, 0.5) is 0 Å². The smallest absolute Gasteiger partial charge is 0.305 e. The first-order valence-corrected chi connectivity index (χ1v) is 6.14. The molecule has 0 aliphatic carbocycles. The van der Waals surface area contributed by atoms with Gasteiger partial charge in [0, 0.05) is 5.92 Å². The van der Waals surface area contributed by atoms with Gasteiger partial charge in [-0.25, -0.2) is 0 Å². The van der Waals surface area contributed by atoms with Gasteiger partial charge in [-0.3, -0.25) is 19.2 Å². The minimum atomic E-state index is -1.22. The number of hydrogen-bond donors (Lipinski definition) is 4. The molecule has 0 aromatic heterocycles. The van der Waals surface area contributed by atoms with E-state index in [2.05, 4.69) is 10.6 Å². The molecular formula is C12H20N2O6.